The lowest BCUT2D eigenvalue weighted by atomic mass is 9.90. The van der Waals surface area contributed by atoms with Crippen molar-refractivity contribution in [3.63, 3.8) is 0 Å². The van der Waals surface area contributed by atoms with Crippen LogP contribution in [0.1, 0.15) is 36.5 Å². The van der Waals surface area contributed by atoms with E-state index in [2.05, 4.69) is 10.6 Å². The van der Waals surface area contributed by atoms with Crippen LogP contribution in [0.15, 0.2) is 18.2 Å². The largest absolute Gasteiger partial charge is 0.481 e. The fourth-order valence-electron chi connectivity index (χ4n) is 2.78. The smallest absolute Gasteiger partial charge is 0.321 e. The molecule has 0 bridgehead atoms. The Hall–Kier alpha value is -2.28. The highest BCUT2D eigenvalue weighted by molar-refractivity contribution is 6.34. The predicted molar refractivity (Wildman–Crippen MR) is 92.9 cm³/mol. The zero-order valence-electron chi connectivity index (χ0n) is 13.8. The van der Waals surface area contributed by atoms with Crippen LogP contribution in [0.3, 0.4) is 0 Å². The second kappa shape index (κ2) is 6.55. The first-order valence-electron chi connectivity index (χ1n) is 8.18. The van der Waals surface area contributed by atoms with E-state index in [0.717, 1.165) is 12.8 Å². The summed E-state index contributed by atoms with van der Waals surface area (Å²) in [6.07, 6.45) is 2.35. The van der Waals surface area contributed by atoms with Crippen molar-refractivity contribution in [2.24, 2.45) is 5.41 Å². The third-order valence-corrected chi connectivity index (χ3v) is 4.98. The third kappa shape index (κ3) is 3.87. The molecule has 25 heavy (non-hydrogen) atoms. The molecular weight excluding hydrogens is 346 g/mol. The number of aliphatic carboxylic acids is 1. The minimum Gasteiger partial charge on any atom is -0.481 e. The highest BCUT2D eigenvalue weighted by Gasteiger charge is 2.42. The van der Waals surface area contributed by atoms with Gasteiger partial charge in [0.1, 0.15) is 0 Å². The van der Waals surface area contributed by atoms with Crippen molar-refractivity contribution in [2.75, 3.05) is 18.4 Å². The molecule has 1 heterocycles. The number of nitrogens with one attached hydrogen (secondary N) is 2. The van der Waals surface area contributed by atoms with Gasteiger partial charge in [0.2, 0.25) is 0 Å². The van der Waals surface area contributed by atoms with Crippen molar-refractivity contribution in [1.29, 1.82) is 0 Å². The third-order valence-electron chi connectivity index (χ3n) is 4.65. The summed E-state index contributed by atoms with van der Waals surface area (Å²) in [4.78, 5) is 37.3. The van der Waals surface area contributed by atoms with Crippen LogP contribution in [-0.2, 0) is 4.79 Å². The highest BCUT2D eigenvalue weighted by Crippen LogP contribution is 2.31. The van der Waals surface area contributed by atoms with E-state index in [-0.39, 0.29) is 24.5 Å². The summed E-state index contributed by atoms with van der Waals surface area (Å²) in [6.45, 7) is 2.15. The van der Waals surface area contributed by atoms with Gasteiger partial charge in [0.25, 0.3) is 5.91 Å². The summed E-state index contributed by atoms with van der Waals surface area (Å²) < 4.78 is 0. The quantitative estimate of drug-likeness (QED) is 0.763. The Morgan fingerprint density at radius 3 is 2.64 bits per heavy atom. The number of carboxylic acids is 1. The molecule has 3 rings (SSSR count). The van der Waals surface area contributed by atoms with Crippen molar-refractivity contribution in [1.82, 2.24) is 10.2 Å². The number of carbonyl (C=O) groups is 3. The van der Waals surface area contributed by atoms with Crippen molar-refractivity contribution in [3.8, 4) is 0 Å². The summed E-state index contributed by atoms with van der Waals surface area (Å²) >= 11 is 6.08. The lowest BCUT2D eigenvalue weighted by molar-refractivity contribution is -0.146. The van der Waals surface area contributed by atoms with Gasteiger partial charge in [-0.3, -0.25) is 9.59 Å². The maximum atomic E-state index is 12.4. The summed E-state index contributed by atoms with van der Waals surface area (Å²) in [6, 6.07) is 4.52. The molecule has 1 aliphatic heterocycles. The van der Waals surface area contributed by atoms with Gasteiger partial charge in [-0.25, -0.2) is 4.79 Å². The van der Waals surface area contributed by atoms with E-state index in [1.807, 2.05) is 0 Å². The topological polar surface area (TPSA) is 98.7 Å². The SMILES string of the molecule is CC1(C(=O)O)CCN(C(=O)Nc2ccc(Cl)c(C(=O)NC3CC3)c2)C1. The van der Waals surface area contributed by atoms with Crippen LogP contribution in [0.5, 0.6) is 0 Å². The number of benzene rings is 1. The summed E-state index contributed by atoms with van der Waals surface area (Å²) in [5.41, 5.74) is -0.172. The van der Waals surface area contributed by atoms with Crippen LogP contribution in [0.25, 0.3) is 0 Å². The number of carbonyl (C=O) groups excluding carboxylic acids is 2. The van der Waals surface area contributed by atoms with E-state index in [1.54, 1.807) is 19.1 Å². The fourth-order valence-corrected chi connectivity index (χ4v) is 2.98. The Morgan fingerprint density at radius 1 is 1.32 bits per heavy atom. The van der Waals surface area contributed by atoms with Crippen molar-refractivity contribution in [2.45, 2.75) is 32.2 Å². The van der Waals surface area contributed by atoms with Gasteiger partial charge in [0.05, 0.1) is 16.0 Å². The number of hydrogen-bond acceptors (Lipinski definition) is 3. The van der Waals surface area contributed by atoms with Gasteiger partial charge in [-0.15, -0.1) is 0 Å². The number of amides is 3. The standard InChI is InChI=1S/C17H20ClN3O4/c1-17(15(23)24)6-7-21(9-17)16(25)20-11-4-5-13(18)12(8-11)14(22)19-10-2-3-10/h4-5,8,10H,2-3,6-7,9H2,1H3,(H,19,22)(H,20,25)(H,23,24). The van der Waals surface area contributed by atoms with Gasteiger partial charge in [-0.2, -0.15) is 0 Å². The van der Waals surface area contributed by atoms with E-state index in [4.69, 9.17) is 11.6 Å². The molecule has 1 aromatic carbocycles. The number of carboxylic acid groups (broad SMARTS) is 1. The minimum absolute atomic E-state index is 0.150. The van der Waals surface area contributed by atoms with E-state index in [0.29, 0.717) is 29.2 Å². The zero-order valence-corrected chi connectivity index (χ0v) is 14.6. The molecule has 1 saturated carbocycles. The van der Waals surface area contributed by atoms with Crippen LogP contribution >= 0.6 is 11.6 Å². The number of rotatable bonds is 4. The second-order valence-corrected chi connectivity index (χ2v) is 7.32. The Balaban J connectivity index is 1.67. The molecular formula is C17H20ClN3O4. The van der Waals surface area contributed by atoms with Crippen molar-refractivity contribution in [3.05, 3.63) is 28.8 Å². The Kier molecular flexibility index (Phi) is 4.60. The fraction of sp³-hybridized carbons (Fsp3) is 0.471. The van der Waals surface area contributed by atoms with Gasteiger partial charge < -0.3 is 20.6 Å². The summed E-state index contributed by atoms with van der Waals surface area (Å²) in [7, 11) is 0. The molecule has 2 fully saturated rings. The lowest BCUT2D eigenvalue weighted by Gasteiger charge is -2.20. The number of anilines is 1. The first kappa shape index (κ1) is 17.5. The number of hydrogen-bond donors (Lipinski definition) is 3. The van der Waals surface area contributed by atoms with E-state index >= 15 is 0 Å². The van der Waals surface area contributed by atoms with Crippen LogP contribution in [0.4, 0.5) is 10.5 Å². The van der Waals surface area contributed by atoms with Crippen LogP contribution in [-0.4, -0.2) is 47.0 Å². The Morgan fingerprint density at radius 2 is 2.04 bits per heavy atom. The van der Waals surface area contributed by atoms with Crippen LogP contribution < -0.4 is 10.6 Å². The first-order chi connectivity index (χ1) is 11.8. The predicted octanol–water partition coefficient (Wildman–Crippen LogP) is 2.56. The molecule has 0 radical (unpaired) electrons. The molecule has 3 N–H and O–H groups in total. The van der Waals surface area contributed by atoms with Crippen molar-refractivity contribution >= 4 is 35.2 Å². The normalized spacial score (nSPS) is 22.6. The van der Waals surface area contributed by atoms with Gasteiger partial charge in [-0.1, -0.05) is 11.6 Å². The molecule has 0 spiro atoms. The molecule has 1 unspecified atom stereocenters. The molecule has 7 nitrogen and oxygen atoms in total. The molecule has 0 aromatic heterocycles. The first-order valence-corrected chi connectivity index (χ1v) is 8.56. The van der Waals surface area contributed by atoms with Crippen LogP contribution in [0, 0.1) is 5.41 Å². The molecule has 1 atom stereocenters. The number of urea groups is 1. The van der Waals surface area contributed by atoms with E-state index in [9.17, 15) is 19.5 Å². The summed E-state index contributed by atoms with van der Waals surface area (Å²) in [5.74, 6) is -1.17. The van der Waals surface area contributed by atoms with Gasteiger partial charge in [0, 0.05) is 24.8 Å². The average molecular weight is 366 g/mol. The molecule has 2 aliphatic rings. The average Bonchev–Trinajstić information content (AvgIpc) is 3.27. The second-order valence-electron chi connectivity index (χ2n) is 6.91. The maximum absolute atomic E-state index is 12.4. The number of nitrogens with zero attached hydrogens (tertiary/aromatic N) is 1. The molecule has 8 heteroatoms. The van der Waals surface area contributed by atoms with Gasteiger partial charge in [-0.05, 0) is 44.4 Å². The maximum Gasteiger partial charge on any atom is 0.321 e. The molecule has 3 amide bonds. The molecule has 134 valence electrons. The van der Waals surface area contributed by atoms with Gasteiger partial charge in [0.15, 0.2) is 0 Å². The zero-order chi connectivity index (χ0) is 18.2. The monoisotopic (exact) mass is 365 g/mol. The Labute approximate surface area is 150 Å². The molecule has 1 aromatic rings. The van der Waals surface area contributed by atoms with Crippen LogP contribution in [0.2, 0.25) is 5.02 Å². The van der Waals surface area contributed by atoms with E-state index in [1.165, 1.54) is 11.0 Å². The Bertz CT molecular complexity index is 735. The molecule has 1 aliphatic carbocycles. The van der Waals surface area contributed by atoms with Crippen molar-refractivity contribution < 1.29 is 19.5 Å². The minimum atomic E-state index is -0.924. The number of halogens is 1. The number of likely N-dealkylation sites (tertiary alicyclic amines) is 1. The molecule has 1 saturated heterocycles. The lowest BCUT2D eigenvalue weighted by Crippen LogP contribution is -2.37. The summed E-state index contributed by atoms with van der Waals surface area (Å²) in [5, 5.41) is 15.1. The van der Waals surface area contributed by atoms with Gasteiger partial charge >= 0.3 is 12.0 Å². The van der Waals surface area contributed by atoms with E-state index < -0.39 is 11.4 Å². The highest BCUT2D eigenvalue weighted by atomic mass is 35.5.